The molecule has 1 N–H and O–H groups in total. The van der Waals surface area contributed by atoms with Gasteiger partial charge in [-0.1, -0.05) is 19.8 Å². The summed E-state index contributed by atoms with van der Waals surface area (Å²) in [7, 11) is 0. The smallest absolute Gasteiger partial charge is 0.335 e. The second-order valence-corrected chi connectivity index (χ2v) is 6.21. The molecule has 0 radical (unpaired) electrons. The minimum absolute atomic E-state index is 0.0214. The van der Waals surface area contributed by atoms with Gasteiger partial charge in [0.2, 0.25) is 0 Å². The van der Waals surface area contributed by atoms with Crippen LogP contribution < -0.4 is 4.74 Å². The number of azo groups is 1. The Labute approximate surface area is 152 Å². The number of hydrogen-bond acceptors (Lipinski definition) is 4. The van der Waals surface area contributed by atoms with Crippen LogP contribution in [-0.2, 0) is 0 Å². The van der Waals surface area contributed by atoms with E-state index in [4.69, 9.17) is 21.4 Å². The van der Waals surface area contributed by atoms with E-state index in [1.165, 1.54) is 12.1 Å². The molecule has 0 saturated heterocycles. The summed E-state index contributed by atoms with van der Waals surface area (Å²) in [6.07, 6.45) is 3.18. The van der Waals surface area contributed by atoms with Crippen LogP contribution in [0.2, 0.25) is 0 Å². The molecule has 0 aliphatic rings. The van der Waals surface area contributed by atoms with Crippen molar-refractivity contribution >= 4 is 28.9 Å². The van der Waals surface area contributed by atoms with Gasteiger partial charge in [0.05, 0.1) is 22.3 Å². The van der Waals surface area contributed by atoms with Gasteiger partial charge in [-0.2, -0.15) is 10.2 Å². The van der Waals surface area contributed by atoms with Crippen molar-refractivity contribution in [3.05, 3.63) is 54.1 Å². The summed E-state index contributed by atoms with van der Waals surface area (Å²) < 4.78 is 5.66. The number of carboxylic acid groups (broad SMARTS) is 1. The number of ether oxygens (including phenoxy) is 1. The highest BCUT2D eigenvalue weighted by molar-refractivity contribution is 6.20. The lowest BCUT2D eigenvalue weighted by Gasteiger charge is -2.10. The zero-order chi connectivity index (χ0) is 18.1. The number of carbonyl (C=O) groups is 1. The van der Waals surface area contributed by atoms with E-state index in [9.17, 15) is 4.79 Å². The molecule has 0 fully saturated rings. The van der Waals surface area contributed by atoms with Crippen molar-refractivity contribution in [2.45, 2.75) is 31.6 Å². The average molecular weight is 361 g/mol. The third kappa shape index (κ3) is 6.55. The maximum atomic E-state index is 10.8. The predicted octanol–water partition coefficient (Wildman–Crippen LogP) is 5.98. The van der Waals surface area contributed by atoms with E-state index >= 15 is 0 Å². The first-order valence-corrected chi connectivity index (χ1v) is 8.64. The fourth-order valence-corrected chi connectivity index (χ4v) is 2.31. The molecule has 1 atom stereocenters. The summed E-state index contributed by atoms with van der Waals surface area (Å²) in [6, 6.07) is 13.5. The summed E-state index contributed by atoms with van der Waals surface area (Å²) in [6.45, 7) is 2.62. The molecule has 0 aliphatic heterocycles. The lowest BCUT2D eigenvalue weighted by atomic mass is 10.2. The van der Waals surface area contributed by atoms with E-state index in [-0.39, 0.29) is 10.9 Å². The number of hydrogen-bond donors (Lipinski definition) is 1. The van der Waals surface area contributed by atoms with Gasteiger partial charge in [-0.15, -0.1) is 11.6 Å². The van der Waals surface area contributed by atoms with E-state index in [2.05, 4.69) is 17.2 Å². The number of benzene rings is 2. The molecular weight excluding hydrogens is 340 g/mol. The number of nitrogens with zero attached hydrogens (tertiary/aromatic N) is 2. The Kier molecular flexibility index (Phi) is 7.41. The molecule has 0 aliphatic carbocycles. The molecule has 0 amide bonds. The third-order valence-corrected chi connectivity index (χ3v) is 3.88. The highest BCUT2D eigenvalue weighted by atomic mass is 35.5. The number of carboxylic acids is 1. The van der Waals surface area contributed by atoms with Crippen LogP contribution in [0.3, 0.4) is 0 Å². The van der Waals surface area contributed by atoms with Gasteiger partial charge < -0.3 is 9.84 Å². The maximum absolute atomic E-state index is 10.8. The van der Waals surface area contributed by atoms with E-state index < -0.39 is 5.97 Å². The van der Waals surface area contributed by atoms with Gasteiger partial charge in [0.15, 0.2) is 0 Å². The fraction of sp³-hybridized carbons (Fsp3) is 0.316. The quantitative estimate of drug-likeness (QED) is 0.442. The Morgan fingerprint density at radius 3 is 2.16 bits per heavy atom. The van der Waals surface area contributed by atoms with Crippen LogP contribution in [-0.4, -0.2) is 23.1 Å². The summed E-state index contributed by atoms with van der Waals surface area (Å²) >= 11 is 6.19. The van der Waals surface area contributed by atoms with Gasteiger partial charge >= 0.3 is 5.97 Å². The van der Waals surface area contributed by atoms with Gasteiger partial charge in [-0.3, -0.25) is 0 Å². The topological polar surface area (TPSA) is 71.2 Å². The third-order valence-electron chi connectivity index (χ3n) is 3.53. The SMILES string of the molecule is CCCCC(Cl)COc1ccc(N=Nc2ccc(C(=O)O)cc2)cc1. The first kappa shape index (κ1) is 18.9. The van der Waals surface area contributed by atoms with Gasteiger partial charge in [0.25, 0.3) is 0 Å². The second kappa shape index (κ2) is 9.79. The fourth-order valence-electron chi connectivity index (χ4n) is 2.09. The molecule has 132 valence electrons. The number of rotatable bonds is 9. The van der Waals surface area contributed by atoms with Crippen molar-refractivity contribution in [2.24, 2.45) is 10.2 Å². The summed E-state index contributed by atoms with van der Waals surface area (Å²) in [4.78, 5) is 10.8. The molecule has 25 heavy (non-hydrogen) atoms. The Bertz CT molecular complexity index is 700. The maximum Gasteiger partial charge on any atom is 0.335 e. The van der Waals surface area contributed by atoms with Crippen molar-refractivity contribution < 1.29 is 14.6 Å². The molecule has 0 aromatic heterocycles. The van der Waals surface area contributed by atoms with Crippen molar-refractivity contribution in [3.63, 3.8) is 0 Å². The van der Waals surface area contributed by atoms with Gasteiger partial charge in [-0.05, 0) is 55.0 Å². The minimum Gasteiger partial charge on any atom is -0.492 e. The molecular formula is C19H21ClN2O3. The zero-order valence-corrected chi connectivity index (χ0v) is 14.8. The van der Waals surface area contributed by atoms with Crippen molar-refractivity contribution in [1.29, 1.82) is 0 Å². The van der Waals surface area contributed by atoms with Crippen molar-refractivity contribution in [3.8, 4) is 5.75 Å². The van der Waals surface area contributed by atoms with Crippen LogP contribution in [0, 0.1) is 0 Å². The largest absolute Gasteiger partial charge is 0.492 e. The van der Waals surface area contributed by atoms with Crippen molar-refractivity contribution in [1.82, 2.24) is 0 Å². The predicted molar refractivity (Wildman–Crippen MR) is 98.7 cm³/mol. The molecule has 1 unspecified atom stereocenters. The Hall–Kier alpha value is -2.40. The Morgan fingerprint density at radius 2 is 1.64 bits per heavy atom. The molecule has 0 heterocycles. The normalized spacial score (nSPS) is 12.2. The van der Waals surface area contributed by atoms with E-state index in [0.717, 1.165) is 25.0 Å². The lowest BCUT2D eigenvalue weighted by molar-refractivity contribution is 0.0697. The lowest BCUT2D eigenvalue weighted by Crippen LogP contribution is -2.11. The highest BCUT2D eigenvalue weighted by Crippen LogP contribution is 2.22. The van der Waals surface area contributed by atoms with Gasteiger partial charge in [0, 0.05) is 0 Å². The minimum atomic E-state index is -0.965. The van der Waals surface area contributed by atoms with Crippen LogP contribution in [0.5, 0.6) is 5.75 Å². The second-order valence-electron chi connectivity index (χ2n) is 5.60. The monoisotopic (exact) mass is 360 g/mol. The van der Waals surface area contributed by atoms with Crippen LogP contribution in [0.15, 0.2) is 58.8 Å². The standard InChI is InChI=1S/C19H21ClN2O3/c1-2-3-4-15(20)13-25-18-11-9-17(10-12-18)22-21-16-7-5-14(6-8-16)19(23)24/h5-12,15H,2-4,13H2,1H3,(H,23,24). The molecule has 2 aromatic carbocycles. The molecule has 6 heteroatoms. The van der Waals surface area contributed by atoms with Crippen LogP contribution in [0.4, 0.5) is 11.4 Å². The molecule has 2 aromatic rings. The molecule has 0 saturated carbocycles. The van der Waals surface area contributed by atoms with Crippen LogP contribution in [0.1, 0.15) is 36.5 Å². The summed E-state index contributed by atoms with van der Waals surface area (Å²) in [5.74, 6) is -0.222. The average Bonchev–Trinajstić information content (AvgIpc) is 2.64. The van der Waals surface area contributed by atoms with Crippen LogP contribution in [0.25, 0.3) is 0 Å². The zero-order valence-electron chi connectivity index (χ0n) is 14.1. The molecule has 0 bridgehead atoms. The first-order valence-electron chi connectivity index (χ1n) is 8.20. The number of halogens is 1. The summed E-state index contributed by atoms with van der Waals surface area (Å²) in [5.41, 5.74) is 1.49. The van der Waals surface area contributed by atoms with Crippen LogP contribution >= 0.6 is 11.6 Å². The Morgan fingerprint density at radius 1 is 1.08 bits per heavy atom. The van der Waals surface area contributed by atoms with Crippen molar-refractivity contribution in [2.75, 3.05) is 6.61 Å². The van der Waals surface area contributed by atoms with Gasteiger partial charge in [0.1, 0.15) is 12.4 Å². The van der Waals surface area contributed by atoms with E-state index in [1.807, 2.05) is 12.1 Å². The molecule has 2 rings (SSSR count). The Balaban J connectivity index is 1.88. The number of alkyl halides is 1. The first-order chi connectivity index (χ1) is 12.1. The number of aromatic carboxylic acids is 1. The van der Waals surface area contributed by atoms with E-state index in [1.54, 1.807) is 24.3 Å². The number of unbranched alkanes of at least 4 members (excludes halogenated alkanes) is 1. The molecule has 5 nitrogen and oxygen atoms in total. The van der Waals surface area contributed by atoms with Gasteiger partial charge in [-0.25, -0.2) is 4.79 Å². The highest BCUT2D eigenvalue weighted by Gasteiger charge is 2.05. The molecule has 0 spiro atoms. The summed E-state index contributed by atoms with van der Waals surface area (Å²) in [5, 5.41) is 17.1. The van der Waals surface area contributed by atoms with E-state index in [0.29, 0.717) is 18.0 Å².